The fourth-order valence-corrected chi connectivity index (χ4v) is 2.43. The van der Waals surface area contributed by atoms with Gasteiger partial charge in [-0.1, -0.05) is 18.2 Å². The van der Waals surface area contributed by atoms with Crippen LogP contribution in [0.2, 0.25) is 0 Å². The van der Waals surface area contributed by atoms with E-state index in [9.17, 15) is 4.79 Å². The zero-order chi connectivity index (χ0) is 12.5. The van der Waals surface area contributed by atoms with E-state index in [0.29, 0.717) is 19.8 Å². The first-order valence-corrected chi connectivity index (χ1v) is 6.22. The number of ether oxygens (including phenoxy) is 1. The lowest BCUT2D eigenvalue weighted by Gasteiger charge is -2.33. The molecule has 0 aliphatic carbocycles. The number of hydrogen-bond donors (Lipinski definition) is 1. The van der Waals surface area contributed by atoms with Crippen LogP contribution in [0.25, 0.3) is 10.9 Å². The molecule has 1 aromatic carbocycles. The summed E-state index contributed by atoms with van der Waals surface area (Å²) in [6, 6.07) is 8.01. The Labute approximate surface area is 106 Å². The highest BCUT2D eigenvalue weighted by atomic mass is 16.5. The van der Waals surface area contributed by atoms with Crippen molar-refractivity contribution in [2.24, 2.45) is 0 Å². The number of carbonyl (C=O) groups excluding carboxylic acids is 1. The number of para-hydroxylation sites is 1. The SMILES string of the molecule is C[C@@H]1COCCN1C(=O)c1c[nH]c2ccccc12. The number of H-pyrrole nitrogens is 1. The first kappa shape index (κ1) is 11.3. The van der Waals surface area contributed by atoms with Gasteiger partial charge in [0, 0.05) is 23.6 Å². The van der Waals surface area contributed by atoms with Crippen LogP contribution >= 0.6 is 0 Å². The summed E-state index contributed by atoms with van der Waals surface area (Å²) in [5.74, 6) is 0.0863. The predicted octanol–water partition coefficient (Wildman–Crippen LogP) is 2.03. The molecular formula is C14H16N2O2. The van der Waals surface area contributed by atoms with Gasteiger partial charge in [-0.15, -0.1) is 0 Å². The fourth-order valence-electron chi connectivity index (χ4n) is 2.43. The Morgan fingerprint density at radius 3 is 3.11 bits per heavy atom. The smallest absolute Gasteiger partial charge is 0.256 e. The molecule has 1 aromatic heterocycles. The van der Waals surface area contributed by atoms with Crippen molar-refractivity contribution >= 4 is 16.8 Å². The van der Waals surface area contributed by atoms with Crippen molar-refractivity contribution in [2.45, 2.75) is 13.0 Å². The van der Waals surface area contributed by atoms with E-state index in [2.05, 4.69) is 4.98 Å². The predicted molar refractivity (Wildman–Crippen MR) is 69.6 cm³/mol. The average molecular weight is 244 g/mol. The monoisotopic (exact) mass is 244 g/mol. The number of benzene rings is 1. The summed E-state index contributed by atoms with van der Waals surface area (Å²) < 4.78 is 5.37. The lowest BCUT2D eigenvalue weighted by Crippen LogP contribution is -2.47. The number of nitrogens with one attached hydrogen (secondary N) is 1. The molecule has 1 fully saturated rings. The van der Waals surface area contributed by atoms with Gasteiger partial charge in [-0.05, 0) is 13.0 Å². The molecule has 0 radical (unpaired) electrons. The molecule has 3 rings (SSSR count). The third-order valence-electron chi connectivity index (χ3n) is 3.45. The van der Waals surface area contributed by atoms with Crippen LogP contribution in [-0.4, -0.2) is 41.6 Å². The van der Waals surface area contributed by atoms with Crippen LogP contribution in [0.4, 0.5) is 0 Å². The summed E-state index contributed by atoms with van der Waals surface area (Å²) in [7, 11) is 0. The number of fused-ring (bicyclic) bond motifs is 1. The number of hydrogen-bond acceptors (Lipinski definition) is 2. The largest absolute Gasteiger partial charge is 0.377 e. The number of amides is 1. The summed E-state index contributed by atoms with van der Waals surface area (Å²) >= 11 is 0. The van der Waals surface area contributed by atoms with Gasteiger partial charge in [-0.25, -0.2) is 0 Å². The molecule has 94 valence electrons. The lowest BCUT2D eigenvalue weighted by atomic mass is 10.1. The molecule has 0 unspecified atom stereocenters. The van der Waals surface area contributed by atoms with Gasteiger partial charge in [0.15, 0.2) is 0 Å². The van der Waals surface area contributed by atoms with Gasteiger partial charge in [0.1, 0.15) is 0 Å². The highest BCUT2D eigenvalue weighted by Gasteiger charge is 2.26. The molecule has 1 atom stereocenters. The van der Waals surface area contributed by atoms with E-state index in [4.69, 9.17) is 4.74 Å². The molecule has 0 saturated carbocycles. The quantitative estimate of drug-likeness (QED) is 0.834. The van der Waals surface area contributed by atoms with Crippen LogP contribution in [0.5, 0.6) is 0 Å². The third kappa shape index (κ3) is 1.78. The van der Waals surface area contributed by atoms with E-state index >= 15 is 0 Å². The van der Waals surface area contributed by atoms with Crippen LogP contribution in [0.15, 0.2) is 30.5 Å². The Morgan fingerprint density at radius 1 is 1.44 bits per heavy atom. The van der Waals surface area contributed by atoms with E-state index in [1.54, 1.807) is 6.20 Å². The van der Waals surface area contributed by atoms with Crippen molar-refractivity contribution in [2.75, 3.05) is 19.8 Å². The molecule has 1 saturated heterocycles. The van der Waals surface area contributed by atoms with Gasteiger partial charge in [-0.2, -0.15) is 0 Å². The first-order valence-electron chi connectivity index (χ1n) is 6.22. The second-order valence-corrected chi connectivity index (χ2v) is 4.67. The maximum absolute atomic E-state index is 12.5. The van der Waals surface area contributed by atoms with Crippen molar-refractivity contribution in [3.8, 4) is 0 Å². The average Bonchev–Trinajstić information content (AvgIpc) is 2.82. The van der Waals surface area contributed by atoms with Gasteiger partial charge in [0.25, 0.3) is 5.91 Å². The standard InChI is InChI=1S/C14H16N2O2/c1-10-9-18-7-6-16(10)14(17)12-8-15-13-5-3-2-4-11(12)13/h2-5,8,10,15H,6-7,9H2,1H3/t10-/m1/s1. The maximum atomic E-state index is 12.5. The minimum atomic E-state index is 0.0863. The van der Waals surface area contributed by atoms with Crippen molar-refractivity contribution in [3.63, 3.8) is 0 Å². The second kappa shape index (κ2) is 4.46. The van der Waals surface area contributed by atoms with E-state index in [-0.39, 0.29) is 11.9 Å². The molecule has 2 heterocycles. The van der Waals surface area contributed by atoms with Crippen molar-refractivity contribution in [1.82, 2.24) is 9.88 Å². The first-order chi connectivity index (χ1) is 8.77. The fraction of sp³-hybridized carbons (Fsp3) is 0.357. The molecule has 0 spiro atoms. The Morgan fingerprint density at radius 2 is 2.28 bits per heavy atom. The number of carbonyl (C=O) groups is 1. The van der Waals surface area contributed by atoms with Crippen molar-refractivity contribution in [3.05, 3.63) is 36.0 Å². The number of aromatic amines is 1. The number of aromatic nitrogens is 1. The summed E-state index contributed by atoms with van der Waals surface area (Å²) in [6.07, 6.45) is 1.80. The Balaban J connectivity index is 1.96. The molecule has 4 heteroatoms. The third-order valence-corrected chi connectivity index (χ3v) is 3.45. The molecular weight excluding hydrogens is 228 g/mol. The molecule has 1 aliphatic rings. The minimum Gasteiger partial charge on any atom is -0.377 e. The van der Waals surface area contributed by atoms with Gasteiger partial charge in [0.2, 0.25) is 0 Å². The Bertz CT molecular complexity index is 576. The normalized spacial score (nSPS) is 20.3. The van der Waals surface area contributed by atoms with Crippen LogP contribution in [0, 0.1) is 0 Å². The molecule has 4 nitrogen and oxygen atoms in total. The second-order valence-electron chi connectivity index (χ2n) is 4.67. The Kier molecular flexibility index (Phi) is 2.80. The molecule has 1 N–H and O–H groups in total. The van der Waals surface area contributed by atoms with Gasteiger partial charge in [-0.3, -0.25) is 4.79 Å². The molecule has 18 heavy (non-hydrogen) atoms. The zero-order valence-electron chi connectivity index (χ0n) is 10.3. The number of rotatable bonds is 1. The van der Waals surface area contributed by atoms with Crippen LogP contribution < -0.4 is 0 Å². The minimum absolute atomic E-state index is 0.0863. The van der Waals surface area contributed by atoms with Gasteiger partial charge >= 0.3 is 0 Å². The van der Waals surface area contributed by atoms with E-state index in [0.717, 1.165) is 16.5 Å². The summed E-state index contributed by atoms with van der Waals surface area (Å²) in [6.45, 7) is 3.93. The number of morpholine rings is 1. The van der Waals surface area contributed by atoms with Crippen molar-refractivity contribution in [1.29, 1.82) is 0 Å². The van der Waals surface area contributed by atoms with Crippen LogP contribution in [0.1, 0.15) is 17.3 Å². The summed E-state index contributed by atoms with van der Waals surface area (Å²) in [5.41, 5.74) is 1.75. The van der Waals surface area contributed by atoms with Gasteiger partial charge in [0.05, 0.1) is 24.8 Å². The Hall–Kier alpha value is -1.81. The van der Waals surface area contributed by atoms with Crippen molar-refractivity contribution < 1.29 is 9.53 Å². The van der Waals surface area contributed by atoms with E-state index in [1.165, 1.54) is 0 Å². The highest BCUT2D eigenvalue weighted by molar-refractivity contribution is 6.06. The lowest BCUT2D eigenvalue weighted by molar-refractivity contribution is 0.00371. The van der Waals surface area contributed by atoms with Crippen LogP contribution in [-0.2, 0) is 4.74 Å². The van der Waals surface area contributed by atoms with Gasteiger partial charge < -0.3 is 14.6 Å². The van der Waals surface area contributed by atoms with E-state index < -0.39 is 0 Å². The topological polar surface area (TPSA) is 45.3 Å². The highest BCUT2D eigenvalue weighted by Crippen LogP contribution is 2.21. The molecule has 0 bridgehead atoms. The van der Waals surface area contributed by atoms with Crippen LogP contribution in [0.3, 0.4) is 0 Å². The van der Waals surface area contributed by atoms with E-state index in [1.807, 2.05) is 36.1 Å². The molecule has 1 aliphatic heterocycles. The summed E-state index contributed by atoms with van der Waals surface area (Å²) in [4.78, 5) is 17.6. The molecule has 2 aromatic rings. The zero-order valence-corrected chi connectivity index (χ0v) is 10.3. The molecule has 1 amide bonds. The maximum Gasteiger partial charge on any atom is 0.256 e. The summed E-state index contributed by atoms with van der Waals surface area (Å²) in [5, 5.41) is 0.987. The number of nitrogens with zero attached hydrogens (tertiary/aromatic N) is 1.